The van der Waals surface area contributed by atoms with E-state index < -0.39 is 0 Å². The standard InChI is InChI=1S/C19H24N2O2/c1-3-21(4-2)19(22)14-20-17-11-8-12-18(13-17)23-15-16-9-6-5-7-10-16/h5-13,20H,3-4,14-15H2,1-2H3. The number of likely N-dealkylation sites (N-methyl/N-ethyl adjacent to an activating group) is 1. The van der Waals surface area contributed by atoms with Crippen LogP contribution in [0.3, 0.4) is 0 Å². The number of hydrogen-bond donors (Lipinski definition) is 1. The van der Waals surface area contributed by atoms with E-state index in [4.69, 9.17) is 4.74 Å². The van der Waals surface area contributed by atoms with Crippen molar-refractivity contribution in [2.24, 2.45) is 0 Å². The van der Waals surface area contributed by atoms with Gasteiger partial charge in [0.15, 0.2) is 0 Å². The topological polar surface area (TPSA) is 41.6 Å². The zero-order chi connectivity index (χ0) is 16.5. The molecule has 0 unspecified atom stereocenters. The molecule has 2 rings (SSSR count). The van der Waals surface area contributed by atoms with Crippen LogP contribution < -0.4 is 10.1 Å². The smallest absolute Gasteiger partial charge is 0.241 e. The Labute approximate surface area is 138 Å². The molecule has 0 heterocycles. The number of ether oxygens (including phenoxy) is 1. The molecule has 0 aliphatic carbocycles. The van der Waals surface area contributed by atoms with Gasteiger partial charge in [-0.15, -0.1) is 0 Å². The van der Waals surface area contributed by atoms with Gasteiger partial charge in [0.1, 0.15) is 12.4 Å². The highest BCUT2D eigenvalue weighted by Crippen LogP contribution is 2.18. The second-order valence-corrected chi connectivity index (χ2v) is 5.22. The molecule has 1 N–H and O–H groups in total. The number of amides is 1. The molecule has 0 aliphatic heterocycles. The summed E-state index contributed by atoms with van der Waals surface area (Å²) in [7, 11) is 0. The number of anilines is 1. The Bertz CT molecular complexity index is 610. The van der Waals surface area contributed by atoms with Crippen molar-refractivity contribution in [3.05, 3.63) is 60.2 Å². The van der Waals surface area contributed by atoms with Gasteiger partial charge < -0.3 is 15.0 Å². The fraction of sp³-hybridized carbons (Fsp3) is 0.316. The van der Waals surface area contributed by atoms with Crippen molar-refractivity contribution in [3.8, 4) is 5.75 Å². The molecule has 2 aromatic rings. The first-order valence-corrected chi connectivity index (χ1v) is 8.01. The maximum atomic E-state index is 12.0. The normalized spacial score (nSPS) is 10.2. The molecule has 0 spiro atoms. The van der Waals surface area contributed by atoms with E-state index in [1.54, 1.807) is 0 Å². The molecule has 0 aromatic heterocycles. The first-order chi connectivity index (χ1) is 11.2. The largest absolute Gasteiger partial charge is 0.489 e. The van der Waals surface area contributed by atoms with E-state index in [1.165, 1.54) is 0 Å². The first-order valence-electron chi connectivity index (χ1n) is 8.01. The van der Waals surface area contributed by atoms with Crippen LogP contribution in [0.5, 0.6) is 5.75 Å². The Balaban J connectivity index is 1.88. The Morgan fingerprint density at radius 3 is 2.48 bits per heavy atom. The highest BCUT2D eigenvalue weighted by Gasteiger charge is 2.08. The van der Waals surface area contributed by atoms with Gasteiger partial charge in [-0.1, -0.05) is 36.4 Å². The fourth-order valence-corrected chi connectivity index (χ4v) is 2.30. The molecular formula is C19H24N2O2. The van der Waals surface area contributed by atoms with Gasteiger partial charge in [-0.25, -0.2) is 0 Å². The SMILES string of the molecule is CCN(CC)C(=O)CNc1cccc(OCc2ccccc2)c1. The highest BCUT2D eigenvalue weighted by atomic mass is 16.5. The molecule has 4 nitrogen and oxygen atoms in total. The van der Waals surface area contributed by atoms with Crippen molar-refractivity contribution in [2.45, 2.75) is 20.5 Å². The maximum Gasteiger partial charge on any atom is 0.241 e. The summed E-state index contributed by atoms with van der Waals surface area (Å²) in [5.74, 6) is 0.889. The van der Waals surface area contributed by atoms with Crippen molar-refractivity contribution < 1.29 is 9.53 Å². The molecule has 23 heavy (non-hydrogen) atoms. The predicted octanol–water partition coefficient (Wildman–Crippen LogP) is 3.55. The molecule has 2 aromatic carbocycles. The third-order valence-electron chi connectivity index (χ3n) is 3.64. The maximum absolute atomic E-state index is 12.0. The lowest BCUT2D eigenvalue weighted by atomic mass is 10.2. The highest BCUT2D eigenvalue weighted by molar-refractivity contribution is 5.80. The van der Waals surface area contributed by atoms with Crippen molar-refractivity contribution in [3.63, 3.8) is 0 Å². The zero-order valence-corrected chi connectivity index (χ0v) is 13.8. The van der Waals surface area contributed by atoms with E-state index in [-0.39, 0.29) is 5.91 Å². The molecule has 0 saturated heterocycles. The van der Waals surface area contributed by atoms with Gasteiger partial charge in [-0.3, -0.25) is 4.79 Å². The number of carbonyl (C=O) groups excluding carboxylic acids is 1. The molecule has 1 amide bonds. The van der Waals surface area contributed by atoms with E-state index in [0.717, 1.165) is 30.1 Å². The molecular weight excluding hydrogens is 288 g/mol. The second kappa shape index (κ2) is 8.83. The van der Waals surface area contributed by atoms with Gasteiger partial charge in [-0.2, -0.15) is 0 Å². The van der Waals surface area contributed by atoms with E-state index in [2.05, 4.69) is 5.32 Å². The van der Waals surface area contributed by atoms with E-state index >= 15 is 0 Å². The van der Waals surface area contributed by atoms with Crippen molar-refractivity contribution in [2.75, 3.05) is 25.0 Å². The molecule has 0 saturated carbocycles. The third-order valence-corrected chi connectivity index (χ3v) is 3.64. The van der Waals surface area contributed by atoms with Gasteiger partial charge in [-0.05, 0) is 31.5 Å². The number of nitrogens with zero attached hydrogens (tertiary/aromatic N) is 1. The molecule has 0 fully saturated rings. The van der Waals surface area contributed by atoms with Crippen LogP contribution in [0.15, 0.2) is 54.6 Å². The Kier molecular flexibility index (Phi) is 6.48. The zero-order valence-electron chi connectivity index (χ0n) is 13.8. The average molecular weight is 312 g/mol. The minimum Gasteiger partial charge on any atom is -0.489 e. The van der Waals surface area contributed by atoms with Crippen LogP contribution in [0, 0.1) is 0 Å². The van der Waals surface area contributed by atoms with E-state index in [0.29, 0.717) is 13.2 Å². The van der Waals surface area contributed by atoms with Crippen molar-refractivity contribution in [1.82, 2.24) is 4.90 Å². The van der Waals surface area contributed by atoms with Gasteiger partial charge >= 0.3 is 0 Å². The third kappa shape index (κ3) is 5.33. The first kappa shape index (κ1) is 16.9. The number of rotatable bonds is 8. The van der Waals surface area contributed by atoms with Crippen LogP contribution in [-0.2, 0) is 11.4 Å². The van der Waals surface area contributed by atoms with Crippen molar-refractivity contribution >= 4 is 11.6 Å². The van der Waals surface area contributed by atoms with Gasteiger partial charge in [0.05, 0.1) is 6.54 Å². The van der Waals surface area contributed by atoms with Crippen LogP contribution in [0.2, 0.25) is 0 Å². The van der Waals surface area contributed by atoms with E-state index in [1.807, 2.05) is 73.3 Å². The quantitative estimate of drug-likeness (QED) is 0.810. The Morgan fingerprint density at radius 1 is 1.04 bits per heavy atom. The van der Waals surface area contributed by atoms with Crippen molar-refractivity contribution in [1.29, 1.82) is 0 Å². The average Bonchev–Trinajstić information content (AvgIpc) is 2.60. The summed E-state index contributed by atoms with van der Waals surface area (Å²) in [5.41, 5.74) is 2.01. The van der Waals surface area contributed by atoms with Crippen LogP contribution >= 0.6 is 0 Å². The van der Waals surface area contributed by atoms with Gasteiger partial charge in [0.25, 0.3) is 0 Å². The molecule has 4 heteroatoms. The fourth-order valence-electron chi connectivity index (χ4n) is 2.30. The number of hydrogen-bond acceptors (Lipinski definition) is 3. The lowest BCUT2D eigenvalue weighted by molar-refractivity contribution is -0.128. The minimum atomic E-state index is 0.102. The second-order valence-electron chi connectivity index (χ2n) is 5.22. The Hall–Kier alpha value is -2.49. The van der Waals surface area contributed by atoms with Crippen LogP contribution in [0.1, 0.15) is 19.4 Å². The molecule has 122 valence electrons. The van der Waals surface area contributed by atoms with Gasteiger partial charge in [0.2, 0.25) is 5.91 Å². The molecule has 0 radical (unpaired) electrons. The minimum absolute atomic E-state index is 0.102. The van der Waals surface area contributed by atoms with Gasteiger partial charge in [0, 0.05) is 24.8 Å². The summed E-state index contributed by atoms with van der Waals surface area (Å²) >= 11 is 0. The lowest BCUT2D eigenvalue weighted by Gasteiger charge is -2.19. The summed E-state index contributed by atoms with van der Waals surface area (Å²) in [5, 5.41) is 3.16. The van der Waals surface area contributed by atoms with Crippen LogP contribution in [-0.4, -0.2) is 30.4 Å². The lowest BCUT2D eigenvalue weighted by Crippen LogP contribution is -2.35. The van der Waals surface area contributed by atoms with Crippen LogP contribution in [0.25, 0.3) is 0 Å². The molecule has 0 aliphatic rings. The summed E-state index contributed by atoms with van der Waals surface area (Å²) in [6.07, 6.45) is 0. The summed E-state index contributed by atoms with van der Waals surface area (Å²) < 4.78 is 5.79. The summed E-state index contributed by atoms with van der Waals surface area (Å²) in [4.78, 5) is 13.8. The predicted molar refractivity (Wildman–Crippen MR) is 93.6 cm³/mol. The number of benzene rings is 2. The van der Waals surface area contributed by atoms with Crippen LogP contribution in [0.4, 0.5) is 5.69 Å². The molecule has 0 atom stereocenters. The Morgan fingerprint density at radius 2 is 1.78 bits per heavy atom. The summed E-state index contributed by atoms with van der Waals surface area (Å²) in [6, 6.07) is 17.7. The summed E-state index contributed by atoms with van der Waals surface area (Å²) in [6.45, 7) is 6.26. The number of nitrogens with one attached hydrogen (secondary N) is 1. The molecule has 0 bridgehead atoms. The van der Waals surface area contributed by atoms with E-state index in [9.17, 15) is 4.79 Å². The number of carbonyl (C=O) groups is 1. The monoisotopic (exact) mass is 312 g/mol.